The molecule has 0 aliphatic carbocycles. The van der Waals surface area contributed by atoms with E-state index in [9.17, 15) is 23.2 Å². The maximum absolute atomic E-state index is 13.7. The number of hydrogen-bond donors (Lipinski definition) is 3. The summed E-state index contributed by atoms with van der Waals surface area (Å²) in [6.45, 7) is 7.54. The Balaban J connectivity index is 1.66. The van der Waals surface area contributed by atoms with E-state index < -0.39 is 17.6 Å². The molecule has 1 spiro atoms. The zero-order chi connectivity index (χ0) is 26.2. The Hall–Kier alpha value is -3.41. The van der Waals surface area contributed by atoms with Gasteiger partial charge in [0.05, 0.1) is 6.54 Å². The predicted octanol–water partition coefficient (Wildman–Crippen LogP) is 2.74. The summed E-state index contributed by atoms with van der Waals surface area (Å²) >= 11 is 0. The molecular weight excluding hydrogens is 472 g/mol. The van der Waals surface area contributed by atoms with Crippen molar-refractivity contribution in [2.45, 2.75) is 59.0 Å². The molecule has 4 rings (SSSR count). The Morgan fingerprint density at radius 1 is 1.19 bits per heavy atom. The Morgan fingerprint density at radius 3 is 2.50 bits per heavy atom. The third-order valence-corrected chi connectivity index (χ3v) is 7.10. The molecule has 1 fully saturated rings. The first-order valence-corrected chi connectivity index (χ1v) is 12.1. The van der Waals surface area contributed by atoms with Crippen LogP contribution in [0.3, 0.4) is 0 Å². The molecule has 0 radical (unpaired) electrons. The summed E-state index contributed by atoms with van der Waals surface area (Å²) in [7, 11) is 0. The number of alkyl halides is 2. The van der Waals surface area contributed by atoms with Gasteiger partial charge >= 0.3 is 0 Å². The summed E-state index contributed by atoms with van der Waals surface area (Å²) in [4.78, 5) is 48.9. The number of piperidine rings is 1. The van der Waals surface area contributed by atoms with Gasteiger partial charge in [0.15, 0.2) is 0 Å². The number of aromatic nitrogens is 3. The van der Waals surface area contributed by atoms with Crippen LogP contribution in [-0.2, 0) is 10.5 Å². The van der Waals surface area contributed by atoms with E-state index >= 15 is 0 Å². The van der Waals surface area contributed by atoms with E-state index in [1.54, 1.807) is 24.8 Å². The zero-order valence-corrected chi connectivity index (χ0v) is 20.8. The van der Waals surface area contributed by atoms with Crippen molar-refractivity contribution < 1.29 is 18.4 Å². The molecule has 2 aliphatic heterocycles. The predicted molar refractivity (Wildman–Crippen MR) is 131 cm³/mol. The van der Waals surface area contributed by atoms with Crippen molar-refractivity contribution in [1.82, 2.24) is 24.8 Å². The summed E-state index contributed by atoms with van der Waals surface area (Å²) in [6.07, 6.45) is 0.200. The maximum atomic E-state index is 13.7. The lowest BCUT2D eigenvalue weighted by Gasteiger charge is -2.40. The first kappa shape index (κ1) is 25.7. The molecule has 2 amide bonds. The van der Waals surface area contributed by atoms with Gasteiger partial charge in [0, 0.05) is 37.4 Å². The molecule has 36 heavy (non-hydrogen) atoms. The van der Waals surface area contributed by atoms with Gasteiger partial charge in [-0.05, 0) is 31.9 Å². The number of nitrogens with one attached hydrogen (secondary N) is 3. The van der Waals surface area contributed by atoms with Crippen molar-refractivity contribution >= 4 is 29.1 Å². The number of likely N-dealkylation sites (tertiary alicyclic amines) is 1. The lowest BCUT2D eigenvalue weighted by molar-refractivity contribution is -0.119. The molecular formula is C24H31F2N7O3. The van der Waals surface area contributed by atoms with Gasteiger partial charge < -0.3 is 16.0 Å². The van der Waals surface area contributed by atoms with E-state index in [0.29, 0.717) is 55.1 Å². The Kier molecular flexibility index (Phi) is 7.07. The second-order valence-electron chi connectivity index (χ2n) is 9.53. The highest BCUT2D eigenvalue weighted by Crippen LogP contribution is 2.34. The van der Waals surface area contributed by atoms with Gasteiger partial charge in [0.2, 0.25) is 5.91 Å². The van der Waals surface area contributed by atoms with Gasteiger partial charge in [0.1, 0.15) is 35.0 Å². The summed E-state index contributed by atoms with van der Waals surface area (Å²) in [5.41, 5.74) is 0.247. The summed E-state index contributed by atoms with van der Waals surface area (Å²) in [5.74, 6) is -0.0154. The van der Waals surface area contributed by atoms with E-state index in [2.05, 4.69) is 25.9 Å². The second kappa shape index (κ2) is 9.92. The fourth-order valence-electron chi connectivity index (χ4n) is 4.75. The highest BCUT2D eigenvalue weighted by molar-refractivity contribution is 5.97. The van der Waals surface area contributed by atoms with Gasteiger partial charge in [0.25, 0.3) is 17.9 Å². The van der Waals surface area contributed by atoms with Crippen molar-refractivity contribution in [3.8, 4) is 0 Å². The molecule has 12 heteroatoms. The highest BCUT2D eigenvalue weighted by Gasteiger charge is 2.46. The number of carbonyl (C=O) groups excluding carboxylic acids is 2. The monoisotopic (exact) mass is 503 g/mol. The standard InChI is InChI=1S/C24H31F2N7O3/c1-5-13(2)21(34)30-20-15(4)19(27-12-28-20)29-16-10-14(3)18-22(35)31-24(33(18)23(16)36)6-8-32(9-7-24)11-17(25)26/h10,12-13,17H,5-9,11H2,1-4H3,(H,31,35)(H2,27,28,29,30,34). The van der Waals surface area contributed by atoms with Crippen LogP contribution in [0.5, 0.6) is 0 Å². The maximum Gasteiger partial charge on any atom is 0.276 e. The lowest BCUT2D eigenvalue weighted by Crippen LogP contribution is -2.55. The average Bonchev–Trinajstić information content (AvgIpc) is 3.12. The number of rotatable bonds is 7. The number of halogens is 2. The van der Waals surface area contributed by atoms with Crippen LogP contribution < -0.4 is 21.5 Å². The molecule has 2 aromatic heterocycles. The highest BCUT2D eigenvalue weighted by atomic mass is 19.3. The van der Waals surface area contributed by atoms with E-state index in [4.69, 9.17) is 0 Å². The minimum atomic E-state index is -2.44. The number of amides is 2. The van der Waals surface area contributed by atoms with Crippen LogP contribution in [0.4, 0.5) is 26.1 Å². The van der Waals surface area contributed by atoms with Crippen LogP contribution >= 0.6 is 0 Å². The molecule has 2 aliphatic rings. The minimum Gasteiger partial charge on any atom is -0.335 e. The zero-order valence-electron chi connectivity index (χ0n) is 20.8. The van der Waals surface area contributed by atoms with Crippen molar-refractivity contribution in [3.63, 3.8) is 0 Å². The SMILES string of the molecule is CCC(C)C(=O)Nc1ncnc(Nc2cc(C)c3n(c2=O)C2(CCN(CC(F)F)CC2)NC3=O)c1C. The molecule has 2 aromatic rings. The van der Waals surface area contributed by atoms with Crippen molar-refractivity contribution in [2.75, 3.05) is 30.3 Å². The van der Waals surface area contributed by atoms with Crippen LogP contribution in [0.1, 0.15) is 54.7 Å². The number of nitrogens with zero attached hydrogens (tertiary/aromatic N) is 4. The molecule has 1 saturated heterocycles. The van der Waals surface area contributed by atoms with E-state index in [1.807, 2.05) is 13.8 Å². The van der Waals surface area contributed by atoms with Crippen LogP contribution in [0.15, 0.2) is 17.2 Å². The van der Waals surface area contributed by atoms with Crippen LogP contribution in [-0.4, -0.2) is 57.3 Å². The van der Waals surface area contributed by atoms with Gasteiger partial charge in [-0.15, -0.1) is 0 Å². The molecule has 10 nitrogen and oxygen atoms in total. The smallest absolute Gasteiger partial charge is 0.276 e. The van der Waals surface area contributed by atoms with Gasteiger partial charge in [-0.2, -0.15) is 0 Å². The fourth-order valence-corrected chi connectivity index (χ4v) is 4.75. The Bertz CT molecular complexity index is 1240. The summed E-state index contributed by atoms with van der Waals surface area (Å²) in [5, 5.41) is 8.80. The van der Waals surface area contributed by atoms with Crippen LogP contribution in [0.2, 0.25) is 0 Å². The number of fused-ring (bicyclic) bond motifs is 2. The molecule has 3 N–H and O–H groups in total. The minimum absolute atomic E-state index is 0.164. The quantitative estimate of drug-likeness (QED) is 0.531. The molecule has 4 heterocycles. The van der Waals surface area contributed by atoms with Crippen molar-refractivity contribution in [3.05, 3.63) is 39.6 Å². The first-order chi connectivity index (χ1) is 17.1. The molecule has 1 atom stereocenters. The third kappa shape index (κ3) is 4.69. The van der Waals surface area contributed by atoms with Crippen LogP contribution in [0, 0.1) is 19.8 Å². The fraction of sp³-hybridized carbons (Fsp3) is 0.542. The summed E-state index contributed by atoms with van der Waals surface area (Å²) < 4.78 is 27.2. The van der Waals surface area contributed by atoms with Crippen molar-refractivity contribution in [1.29, 1.82) is 0 Å². The Morgan fingerprint density at radius 2 is 1.86 bits per heavy atom. The van der Waals surface area contributed by atoms with E-state index in [1.165, 1.54) is 10.9 Å². The number of hydrogen-bond acceptors (Lipinski definition) is 7. The van der Waals surface area contributed by atoms with Crippen molar-refractivity contribution in [2.24, 2.45) is 5.92 Å². The number of anilines is 3. The Labute approximate surface area is 207 Å². The average molecular weight is 504 g/mol. The summed E-state index contributed by atoms with van der Waals surface area (Å²) in [6, 6.07) is 1.59. The largest absolute Gasteiger partial charge is 0.335 e. The molecule has 0 aromatic carbocycles. The first-order valence-electron chi connectivity index (χ1n) is 12.1. The number of pyridine rings is 1. The number of aryl methyl sites for hydroxylation is 1. The normalized spacial score (nSPS) is 17.7. The third-order valence-electron chi connectivity index (χ3n) is 7.10. The number of carbonyl (C=O) groups is 2. The molecule has 0 saturated carbocycles. The van der Waals surface area contributed by atoms with Crippen LogP contribution in [0.25, 0.3) is 0 Å². The topological polar surface area (TPSA) is 121 Å². The van der Waals surface area contributed by atoms with E-state index in [0.717, 1.165) is 0 Å². The molecule has 0 bridgehead atoms. The van der Waals surface area contributed by atoms with Gasteiger partial charge in [-0.25, -0.2) is 18.7 Å². The molecule has 194 valence electrons. The van der Waals surface area contributed by atoms with E-state index in [-0.39, 0.29) is 35.7 Å². The molecule has 1 unspecified atom stereocenters. The van der Waals surface area contributed by atoms with Gasteiger partial charge in [-0.1, -0.05) is 13.8 Å². The second-order valence-corrected chi connectivity index (χ2v) is 9.53. The lowest BCUT2D eigenvalue weighted by atomic mass is 9.96. The van der Waals surface area contributed by atoms with Gasteiger partial charge in [-0.3, -0.25) is 23.9 Å².